The fraction of sp³-hybridized carbons (Fsp3) is 1.00. The van der Waals surface area contributed by atoms with Gasteiger partial charge in [-0.2, -0.15) is 0 Å². The molecule has 0 aliphatic carbocycles. The van der Waals surface area contributed by atoms with Gasteiger partial charge in [-0.05, 0) is 12.3 Å². The SMILES string of the molecule is CC[C@H]1OC(OC[C@@H](O)[C@@H](O)[C@H](O)[C@@H](O)C(C)C)[C@H](O)[C@@H](O)[C@H]1O. The van der Waals surface area contributed by atoms with E-state index in [0.717, 1.165) is 0 Å². The highest BCUT2D eigenvalue weighted by molar-refractivity contribution is 4.89. The molecule has 1 aliphatic heterocycles. The summed E-state index contributed by atoms with van der Waals surface area (Å²) in [5.41, 5.74) is 0. The number of hydrogen-bond acceptors (Lipinski definition) is 9. The molecule has 9 atom stereocenters. The second-order valence-electron chi connectivity index (χ2n) is 6.54. The maximum absolute atomic E-state index is 9.88. The average molecular weight is 354 g/mol. The first-order valence-corrected chi connectivity index (χ1v) is 8.15. The molecule has 1 fully saturated rings. The van der Waals surface area contributed by atoms with Crippen molar-refractivity contribution in [3.63, 3.8) is 0 Å². The monoisotopic (exact) mass is 354 g/mol. The summed E-state index contributed by atoms with van der Waals surface area (Å²) in [7, 11) is 0. The molecule has 1 unspecified atom stereocenters. The van der Waals surface area contributed by atoms with Crippen molar-refractivity contribution in [2.45, 2.75) is 82.3 Å². The zero-order chi connectivity index (χ0) is 18.6. The van der Waals surface area contributed by atoms with Crippen molar-refractivity contribution in [3.05, 3.63) is 0 Å². The van der Waals surface area contributed by atoms with Crippen LogP contribution in [-0.2, 0) is 9.47 Å². The maximum atomic E-state index is 9.88. The van der Waals surface area contributed by atoms with Gasteiger partial charge in [0.25, 0.3) is 0 Å². The Balaban J connectivity index is 2.57. The van der Waals surface area contributed by atoms with Gasteiger partial charge in [0, 0.05) is 0 Å². The Kier molecular flexibility index (Phi) is 8.46. The summed E-state index contributed by atoms with van der Waals surface area (Å²) in [5.74, 6) is -0.326. The third kappa shape index (κ3) is 5.07. The minimum atomic E-state index is -1.67. The lowest BCUT2D eigenvalue weighted by Crippen LogP contribution is -2.58. The van der Waals surface area contributed by atoms with Crippen LogP contribution in [0.25, 0.3) is 0 Å². The van der Waals surface area contributed by atoms with Crippen LogP contribution >= 0.6 is 0 Å². The second-order valence-corrected chi connectivity index (χ2v) is 6.54. The fourth-order valence-corrected chi connectivity index (χ4v) is 2.51. The lowest BCUT2D eigenvalue weighted by molar-refractivity contribution is -0.303. The van der Waals surface area contributed by atoms with Crippen molar-refractivity contribution < 1.29 is 45.2 Å². The molecule has 0 saturated carbocycles. The van der Waals surface area contributed by atoms with E-state index in [1.807, 2.05) is 0 Å². The summed E-state index contributed by atoms with van der Waals surface area (Å²) >= 11 is 0. The zero-order valence-corrected chi connectivity index (χ0v) is 14.1. The Hall–Kier alpha value is -0.360. The summed E-state index contributed by atoms with van der Waals surface area (Å²) in [6, 6.07) is 0. The van der Waals surface area contributed by atoms with Crippen molar-refractivity contribution in [1.82, 2.24) is 0 Å². The molecule has 1 aliphatic rings. The van der Waals surface area contributed by atoms with Crippen LogP contribution in [0.4, 0.5) is 0 Å². The highest BCUT2D eigenvalue weighted by atomic mass is 16.7. The van der Waals surface area contributed by atoms with E-state index in [4.69, 9.17) is 9.47 Å². The van der Waals surface area contributed by atoms with E-state index < -0.39 is 61.7 Å². The number of ether oxygens (including phenoxy) is 2. The van der Waals surface area contributed by atoms with Gasteiger partial charge >= 0.3 is 0 Å². The Bertz CT molecular complexity index is 365. The van der Waals surface area contributed by atoms with Gasteiger partial charge in [-0.3, -0.25) is 0 Å². The van der Waals surface area contributed by atoms with E-state index in [1.165, 1.54) is 0 Å². The lowest BCUT2D eigenvalue weighted by Gasteiger charge is -2.40. The highest BCUT2D eigenvalue weighted by Crippen LogP contribution is 2.24. The summed E-state index contributed by atoms with van der Waals surface area (Å²) in [6.45, 7) is 4.50. The van der Waals surface area contributed by atoms with Crippen LogP contribution in [0.15, 0.2) is 0 Å². The van der Waals surface area contributed by atoms with E-state index in [1.54, 1.807) is 20.8 Å². The van der Waals surface area contributed by atoms with Gasteiger partial charge in [0.1, 0.15) is 36.6 Å². The van der Waals surface area contributed by atoms with Crippen LogP contribution in [0, 0.1) is 5.92 Å². The third-order valence-corrected chi connectivity index (χ3v) is 4.28. The molecule has 0 radical (unpaired) electrons. The summed E-state index contributed by atoms with van der Waals surface area (Å²) in [5, 5.41) is 68.6. The van der Waals surface area contributed by atoms with Crippen molar-refractivity contribution >= 4 is 0 Å². The first-order chi connectivity index (χ1) is 11.1. The van der Waals surface area contributed by atoms with Crippen LogP contribution in [0.2, 0.25) is 0 Å². The molecular weight excluding hydrogens is 324 g/mol. The van der Waals surface area contributed by atoms with Crippen LogP contribution in [0.3, 0.4) is 0 Å². The van der Waals surface area contributed by atoms with Gasteiger partial charge in [-0.1, -0.05) is 20.8 Å². The summed E-state index contributed by atoms with van der Waals surface area (Å²) in [4.78, 5) is 0. The average Bonchev–Trinajstić information content (AvgIpc) is 2.56. The minimum Gasteiger partial charge on any atom is -0.390 e. The standard InChI is InChI=1S/C15H30O9/c1-4-8-11(19)13(21)14(22)15(24-8)23-5-7(16)10(18)12(20)9(17)6(2)3/h6-22H,4-5H2,1-3H3/t7-,8-,9+,10-,11+,12-,13+,14-,15?/m1/s1. The van der Waals surface area contributed by atoms with Crippen LogP contribution in [-0.4, -0.2) is 97.5 Å². The van der Waals surface area contributed by atoms with Gasteiger partial charge in [-0.25, -0.2) is 0 Å². The first-order valence-electron chi connectivity index (χ1n) is 8.15. The van der Waals surface area contributed by atoms with Crippen LogP contribution in [0.5, 0.6) is 0 Å². The normalized spacial score (nSPS) is 36.4. The van der Waals surface area contributed by atoms with Gasteiger partial charge in [0.15, 0.2) is 6.29 Å². The topological polar surface area (TPSA) is 160 Å². The molecule has 1 heterocycles. The fourth-order valence-electron chi connectivity index (χ4n) is 2.51. The maximum Gasteiger partial charge on any atom is 0.186 e. The molecule has 0 amide bonds. The molecule has 7 N–H and O–H groups in total. The summed E-state index contributed by atoms with van der Waals surface area (Å²) < 4.78 is 10.5. The number of aliphatic hydroxyl groups excluding tert-OH is 7. The molecule has 0 aromatic heterocycles. The van der Waals surface area contributed by atoms with Crippen molar-refractivity contribution in [2.24, 2.45) is 5.92 Å². The van der Waals surface area contributed by atoms with E-state index in [2.05, 4.69) is 0 Å². The van der Waals surface area contributed by atoms with Crippen LogP contribution < -0.4 is 0 Å². The van der Waals surface area contributed by atoms with Gasteiger partial charge in [0.05, 0.1) is 18.8 Å². The quantitative estimate of drug-likeness (QED) is 0.246. The van der Waals surface area contributed by atoms with Crippen molar-refractivity contribution in [2.75, 3.05) is 6.61 Å². The molecule has 0 aromatic carbocycles. The molecular formula is C15H30O9. The number of hydrogen-bond donors (Lipinski definition) is 7. The molecule has 1 rings (SSSR count). The van der Waals surface area contributed by atoms with E-state index in [-0.39, 0.29) is 5.92 Å². The Labute approximate surface area is 141 Å². The lowest BCUT2D eigenvalue weighted by atomic mass is 9.95. The minimum absolute atomic E-state index is 0.326. The van der Waals surface area contributed by atoms with Crippen molar-refractivity contribution in [3.8, 4) is 0 Å². The second kappa shape index (κ2) is 9.37. The molecule has 24 heavy (non-hydrogen) atoms. The number of rotatable bonds is 8. The highest BCUT2D eigenvalue weighted by Gasteiger charge is 2.44. The van der Waals surface area contributed by atoms with Crippen molar-refractivity contribution in [1.29, 1.82) is 0 Å². The Morgan fingerprint density at radius 2 is 1.46 bits per heavy atom. The van der Waals surface area contributed by atoms with Crippen LogP contribution in [0.1, 0.15) is 27.2 Å². The molecule has 1 saturated heterocycles. The molecule has 144 valence electrons. The molecule has 0 spiro atoms. The zero-order valence-electron chi connectivity index (χ0n) is 14.1. The van der Waals surface area contributed by atoms with Gasteiger partial charge < -0.3 is 45.2 Å². The molecule has 9 nitrogen and oxygen atoms in total. The van der Waals surface area contributed by atoms with E-state index in [0.29, 0.717) is 6.42 Å². The predicted octanol–water partition coefficient (Wildman–Crippen LogP) is -2.68. The Morgan fingerprint density at radius 1 is 0.875 bits per heavy atom. The molecule has 0 bridgehead atoms. The van der Waals surface area contributed by atoms with Gasteiger partial charge in [-0.15, -0.1) is 0 Å². The van der Waals surface area contributed by atoms with E-state index >= 15 is 0 Å². The molecule has 9 heteroatoms. The first kappa shape index (κ1) is 21.7. The smallest absolute Gasteiger partial charge is 0.186 e. The Morgan fingerprint density at radius 3 is 1.96 bits per heavy atom. The van der Waals surface area contributed by atoms with Gasteiger partial charge in [0.2, 0.25) is 0 Å². The van der Waals surface area contributed by atoms with E-state index in [9.17, 15) is 35.7 Å². The molecule has 0 aromatic rings. The summed E-state index contributed by atoms with van der Waals surface area (Å²) in [6.07, 6.45) is -12.0. The predicted molar refractivity (Wildman–Crippen MR) is 81.8 cm³/mol. The third-order valence-electron chi connectivity index (χ3n) is 4.28. The largest absolute Gasteiger partial charge is 0.390 e. The number of aliphatic hydroxyl groups is 7.